The molecule has 0 aliphatic carbocycles. The van der Waals surface area contributed by atoms with Crippen molar-refractivity contribution in [3.8, 4) is 0 Å². The van der Waals surface area contributed by atoms with Gasteiger partial charge in [0, 0.05) is 25.8 Å². The summed E-state index contributed by atoms with van der Waals surface area (Å²) in [6, 6.07) is 0. The Bertz CT molecular complexity index is 511. The van der Waals surface area contributed by atoms with Crippen LogP contribution in [0, 0.1) is 11.8 Å². The monoisotopic (exact) mass is 318 g/mol. The van der Waals surface area contributed by atoms with E-state index in [4.69, 9.17) is 0 Å². The fraction of sp³-hybridized carbons (Fsp3) is 0.778. The van der Waals surface area contributed by atoms with Gasteiger partial charge in [-0.1, -0.05) is 20.3 Å². The van der Waals surface area contributed by atoms with Gasteiger partial charge in [0.2, 0.25) is 0 Å². The number of likely N-dealkylation sites (tertiary alicyclic amines) is 2. The van der Waals surface area contributed by atoms with Gasteiger partial charge in [0.1, 0.15) is 0 Å². The van der Waals surface area contributed by atoms with Crippen molar-refractivity contribution in [1.82, 2.24) is 19.6 Å². The van der Waals surface area contributed by atoms with Gasteiger partial charge in [0.15, 0.2) is 0 Å². The maximum atomic E-state index is 12.7. The van der Waals surface area contributed by atoms with Crippen LogP contribution in [0.1, 0.15) is 49.9 Å². The zero-order valence-electron chi connectivity index (χ0n) is 14.6. The van der Waals surface area contributed by atoms with Gasteiger partial charge in [-0.15, -0.1) is 0 Å². The van der Waals surface area contributed by atoms with Gasteiger partial charge in [-0.25, -0.2) is 0 Å². The molecule has 0 bridgehead atoms. The van der Waals surface area contributed by atoms with Gasteiger partial charge < -0.3 is 9.80 Å². The Hall–Kier alpha value is -1.36. The fourth-order valence-corrected chi connectivity index (χ4v) is 4.03. The summed E-state index contributed by atoms with van der Waals surface area (Å²) in [7, 11) is 0. The van der Waals surface area contributed by atoms with Gasteiger partial charge in [0.25, 0.3) is 5.91 Å². The smallest absolute Gasteiger partial charge is 0.257 e. The van der Waals surface area contributed by atoms with E-state index in [0.29, 0.717) is 11.8 Å². The number of carbonyl (C=O) groups excluding carboxylic acids is 1. The van der Waals surface area contributed by atoms with Gasteiger partial charge in [-0.2, -0.15) is 5.10 Å². The normalized spacial score (nSPS) is 26.4. The highest BCUT2D eigenvalue weighted by Crippen LogP contribution is 2.22. The Morgan fingerprint density at radius 2 is 1.83 bits per heavy atom. The highest BCUT2D eigenvalue weighted by atomic mass is 16.2. The number of rotatable bonds is 4. The Kier molecular flexibility index (Phi) is 5.36. The number of amides is 1. The van der Waals surface area contributed by atoms with Crippen molar-refractivity contribution in [3.05, 3.63) is 18.0 Å². The molecule has 2 aliphatic heterocycles. The predicted molar refractivity (Wildman–Crippen MR) is 91.4 cm³/mol. The second kappa shape index (κ2) is 7.47. The molecule has 5 nitrogen and oxygen atoms in total. The van der Waals surface area contributed by atoms with E-state index >= 15 is 0 Å². The molecule has 2 aliphatic rings. The lowest BCUT2D eigenvalue weighted by atomic mass is 9.91. The summed E-state index contributed by atoms with van der Waals surface area (Å²) in [4.78, 5) is 17.2. The van der Waals surface area contributed by atoms with Crippen molar-refractivity contribution in [1.29, 1.82) is 0 Å². The third-order valence-electron chi connectivity index (χ3n) is 5.13. The van der Waals surface area contributed by atoms with Crippen molar-refractivity contribution in [2.45, 2.75) is 46.1 Å². The number of piperidine rings is 2. The van der Waals surface area contributed by atoms with E-state index in [2.05, 4.69) is 23.8 Å². The van der Waals surface area contributed by atoms with E-state index < -0.39 is 0 Å². The van der Waals surface area contributed by atoms with Crippen LogP contribution >= 0.6 is 0 Å². The molecule has 2 unspecified atom stereocenters. The van der Waals surface area contributed by atoms with Crippen molar-refractivity contribution in [2.75, 3.05) is 32.7 Å². The standard InChI is InChI=1S/C18H30N4O/c1-15-10-16(2)13-21(12-15)18(23)17-11-19-22(14-17)9-8-20-6-4-3-5-7-20/h11,14-16H,3-10,12-13H2,1-2H3. The van der Waals surface area contributed by atoms with Crippen molar-refractivity contribution >= 4 is 5.91 Å². The molecule has 1 aromatic rings. The maximum absolute atomic E-state index is 12.7. The van der Waals surface area contributed by atoms with Crippen LogP contribution in [0.3, 0.4) is 0 Å². The molecule has 1 amide bonds. The van der Waals surface area contributed by atoms with Crippen LogP contribution in [-0.4, -0.2) is 58.2 Å². The molecule has 3 rings (SSSR count). The molecule has 2 saturated heterocycles. The first-order valence-electron chi connectivity index (χ1n) is 9.16. The van der Waals surface area contributed by atoms with Crippen LogP contribution in [0.15, 0.2) is 12.4 Å². The number of carbonyl (C=O) groups is 1. The third kappa shape index (κ3) is 4.34. The Balaban J connectivity index is 1.54. The van der Waals surface area contributed by atoms with Crippen molar-refractivity contribution in [2.24, 2.45) is 11.8 Å². The molecule has 3 heterocycles. The Labute approximate surface area is 139 Å². The van der Waals surface area contributed by atoms with Gasteiger partial charge in [-0.3, -0.25) is 9.48 Å². The minimum absolute atomic E-state index is 0.146. The van der Waals surface area contributed by atoms with Crippen LogP contribution in [-0.2, 0) is 6.54 Å². The minimum Gasteiger partial charge on any atom is -0.338 e. The fourth-order valence-electron chi connectivity index (χ4n) is 4.03. The summed E-state index contributed by atoms with van der Waals surface area (Å²) in [6.45, 7) is 10.5. The topological polar surface area (TPSA) is 41.4 Å². The first-order chi connectivity index (χ1) is 11.1. The van der Waals surface area contributed by atoms with E-state index in [1.807, 2.05) is 15.8 Å². The Morgan fingerprint density at radius 1 is 1.13 bits per heavy atom. The number of nitrogens with zero attached hydrogens (tertiary/aromatic N) is 4. The van der Waals surface area contributed by atoms with E-state index in [9.17, 15) is 4.79 Å². The van der Waals surface area contributed by atoms with Crippen LogP contribution in [0.2, 0.25) is 0 Å². The summed E-state index contributed by atoms with van der Waals surface area (Å²) >= 11 is 0. The maximum Gasteiger partial charge on any atom is 0.257 e. The lowest BCUT2D eigenvalue weighted by Crippen LogP contribution is -2.42. The average molecular weight is 318 g/mol. The molecule has 1 aromatic heterocycles. The highest BCUT2D eigenvalue weighted by Gasteiger charge is 2.26. The first kappa shape index (κ1) is 16.5. The van der Waals surface area contributed by atoms with Gasteiger partial charge in [-0.05, 0) is 44.2 Å². The van der Waals surface area contributed by atoms with E-state index in [-0.39, 0.29) is 5.91 Å². The number of hydrogen-bond acceptors (Lipinski definition) is 3. The zero-order chi connectivity index (χ0) is 16.2. The third-order valence-corrected chi connectivity index (χ3v) is 5.13. The largest absolute Gasteiger partial charge is 0.338 e. The molecular formula is C18H30N4O. The van der Waals surface area contributed by atoms with Crippen LogP contribution in [0.5, 0.6) is 0 Å². The molecule has 0 aromatic carbocycles. The van der Waals surface area contributed by atoms with Crippen LogP contribution in [0.4, 0.5) is 0 Å². The molecule has 0 radical (unpaired) electrons. The molecule has 23 heavy (non-hydrogen) atoms. The highest BCUT2D eigenvalue weighted by molar-refractivity contribution is 5.93. The number of aromatic nitrogens is 2. The Morgan fingerprint density at radius 3 is 2.52 bits per heavy atom. The minimum atomic E-state index is 0.146. The summed E-state index contributed by atoms with van der Waals surface area (Å²) in [6.07, 6.45) is 8.88. The zero-order valence-corrected chi connectivity index (χ0v) is 14.6. The SMILES string of the molecule is CC1CC(C)CN(C(=O)c2cnn(CCN3CCCCC3)c2)C1. The molecule has 2 fully saturated rings. The first-order valence-corrected chi connectivity index (χ1v) is 9.16. The lowest BCUT2D eigenvalue weighted by molar-refractivity contribution is 0.0623. The quantitative estimate of drug-likeness (QED) is 0.856. The van der Waals surface area contributed by atoms with E-state index in [1.54, 1.807) is 6.20 Å². The second-order valence-electron chi connectivity index (χ2n) is 7.55. The molecule has 128 valence electrons. The molecular weight excluding hydrogens is 288 g/mol. The average Bonchev–Trinajstić information content (AvgIpc) is 3.01. The van der Waals surface area contributed by atoms with Crippen LogP contribution < -0.4 is 0 Å². The number of hydrogen-bond donors (Lipinski definition) is 0. The summed E-state index contributed by atoms with van der Waals surface area (Å²) in [5.41, 5.74) is 0.741. The van der Waals surface area contributed by atoms with Gasteiger partial charge in [0.05, 0.1) is 18.3 Å². The molecule has 0 saturated carbocycles. The van der Waals surface area contributed by atoms with Crippen molar-refractivity contribution < 1.29 is 4.79 Å². The van der Waals surface area contributed by atoms with Crippen LogP contribution in [0.25, 0.3) is 0 Å². The second-order valence-corrected chi connectivity index (χ2v) is 7.55. The van der Waals surface area contributed by atoms with E-state index in [1.165, 1.54) is 38.8 Å². The van der Waals surface area contributed by atoms with Crippen molar-refractivity contribution in [3.63, 3.8) is 0 Å². The molecule has 0 N–H and O–H groups in total. The molecule has 2 atom stereocenters. The molecule has 5 heteroatoms. The summed E-state index contributed by atoms with van der Waals surface area (Å²) in [5.74, 6) is 1.33. The summed E-state index contributed by atoms with van der Waals surface area (Å²) in [5, 5.41) is 4.40. The summed E-state index contributed by atoms with van der Waals surface area (Å²) < 4.78 is 1.93. The van der Waals surface area contributed by atoms with Gasteiger partial charge >= 0.3 is 0 Å². The lowest BCUT2D eigenvalue weighted by Gasteiger charge is -2.34. The predicted octanol–water partition coefficient (Wildman–Crippen LogP) is 2.49. The molecule has 0 spiro atoms. The van der Waals surface area contributed by atoms with E-state index in [0.717, 1.165) is 31.7 Å².